The molecule has 0 aliphatic heterocycles. The highest BCUT2D eigenvalue weighted by Gasteiger charge is 2.10. The van der Waals surface area contributed by atoms with Gasteiger partial charge in [0.2, 0.25) is 5.91 Å². The second kappa shape index (κ2) is 4.89. The van der Waals surface area contributed by atoms with Crippen molar-refractivity contribution in [3.8, 4) is 5.75 Å². The lowest BCUT2D eigenvalue weighted by Crippen LogP contribution is -2.25. The molecule has 1 unspecified atom stereocenters. The van der Waals surface area contributed by atoms with E-state index in [-0.39, 0.29) is 12.5 Å². The summed E-state index contributed by atoms with van der Waals surface area (Å²) in [6.45, 7) is 1.90. The molecule has 0 radical (unpaired) electrons. The number of rotatable bonds is 4. The molecule has 4 N–H and O–H groups in total. The first kappa shape index (κ1) is 11.7. The van der Waals surface area contributed by atoms with E-state index >= 15 is 0 Å². The molecular formula is C10H13ClN2O2. The van der Waals surface area contributed by atoms with Gasteiger partial charge in [-0.25, -0.2) is 0 Å². The Morgan fingerprint density at radius 1 is 1.60 bits per heavy atom. The third kappa shape index (κ3) is 3.32. The number of carbonyl (C=O) groups is 1. The summed E-state index contributed by atoms with van der Waals surface area (Å²) in [5.74, 6) is -0.241. The molecule has 1 aromatic rings. The molecule has 0 aliphatic carbocycles. The Bertz CT molecular complexity index is 368. The molecule has 1 atom stereocenters. The van der Waals surface area contributed by atoms with Gasteiger partial charge in [-0.05, 0) is 18.2 Å². The first-order valence-electron chi connectivity index (χ1n) is 4.48. The lowest BCUT2D eigenvalue weighted by molar-refractivity contribution is -0.122. The van der Waals surface area contributed by atoms with Gasteiger partial charge in [0.15, 0.2) is 0 Å². The van der Waals surface area contributed by atoms with Crippen LogP contribution in [0.15, 0.2) is 18.2 Å². The third-order valence-corrected chi connectivity index (χ3v) is 2.18. The number of anilines is 1. The SMILES string of the molecule is CC(COc1ccc(Cl)cc1N)C(N)=O. The molecule has 15 heavy (non-hydrogen) atoms. The zero-order valence-corrected chi connectivity index (χ0v) is 9.12. The monoisotopic (exact) mass is 228 g/mol. The minimum atomic E-state index is -0.400. The van der Waals surface area contributed by atoms with Crippen molar-refractivity contribution in [3.63, 3.8) is 0 Å². The number of carbonyl (C=O) groups excluding carboxylic acids is 1. The predicted octanol–water partition coefficient (Wildman–Crippen LogP) is 1.42. The molecule has 0 aliphatic rings. The van der Waals surface area contributed by atoms with Gasteiger partial charge in [0.25, 0.3) is 0 Å². The Hall–Kier alpha value is -1.42. The molecule has 0 heterocycles. The van der Waals surface area contributed by atoms with Crippen LogP contribution in [0.3, 0.4) is 0 Å². The number of hydrogen-bond acceptors (Lipinski definition) is 3. The molecule has 0 fully saturated rings. The molecule has 82 valence electrons. The number of hydrogen-bond donors (Lipinski definition) is 2. The normalized spacial score (nSPS) is 12.1. The number of halogens is 1. The van der Waals surface area contributed by atoms with Gasteiger partial charge in [0, 0.05) is 5.02 Å². The summed E-state index contributed by atoms with van der Waals surface area (Å²) in [7, 11) is 0. The van der Waals surface area contributed by atoms with Gasteiger partial charge in [0.1, 0.15) is 5.75 Å². The van der Waals surface area contributed by atoms with Crippen molar-refractivity contribution >= 4 is 23.2 Å². The van der Waals surface area contributed by atoms with Crippen molar-refractivity contribution in [2.45, 2.75) is 6.92 Å². The van der Waals surface area contributed by atoms with Crippen LogP contribution in [-0.4, -0.2) is 12.5 Å². The highest BCUT2D eigenvalue weighted by atomic mass is 35.5. The van der Waals surface area contributed by atoms with E-state index in [1.54, 1.807) is 25.1 Å². The van der Waals surface area contributed by atoms with Crippen LogP contribution in [-0.2, 0) is 4.79 Å². The zero-order chi connectivity index (χ0) is 11.4. The van der Waals surface area contributed by atoms with Gasteiger partial charge in [-0.3, -0.25) is 4.79 Å². The molecule has 1 rings (SSSR count). The maximum atomic E-state index is 10.7. The highest BCUT2D eigenvalue weighted by Crippen LogP contribution is 2.25. The van der Waals surface area contributed by atoms with Gasteiger partial charge >= 0.3 is 0 Å². The van der Waals surface area contributed by atoms with Gasteiger partial charge in [-0.2, -0.15) is 0 Å². The molecule has 4 nitrogen and oxygen atoms in total. The Kier molecular flexibility index (Phi) is 3.80. The summed E-state index contributed by atoms with van der Waals surface area (Å²) < 4.78 is 5.33. The van der Waals surface area contributed by atoms with Crippen LogP contribution >= 0.6 is 11.6 Å². The maximum Gasteiger partial charge on any atom is 0.223 e. The molecule has 0 aromatic heterocycles. The van der Waals surface area contributed by atoms with Crippen LogP contribution in [0.1, 0.15) is 6.92 Å². The van der Waals surface area contributed by atoms with Crippen LogP contribution < -0.4 is 16.2 Å². The number of amides is 1. The Morgan fingerprint density at radius 2 is 2.27 bits per heavy atom. The van der Waals surface area contributed by atoms with Crippen molar-refractivity contribution in [2.24, 2.45) is 11.7 Å². The summed E-state index contributed by atoms with van der Waals surface area (Å²) in [6, 6.07) is 4.92. The summed E-state index contributed by atoms with van der Waals surface area (Å²) in [5.41, 5.74) is 11.2. The maximum absolute atomic E-state index is 10.7. The van der Waals surface area contributed by atoms with E-state index in [1.165, 1.54) is 0 Å². The third-order valence-electron chi connectivity index (χ3n) is 1.95. The molecular weight excluding hydrogens is 216 g/mol. The lowest BCUT2D eigenvalue weighted by Gasteiger charge is -2.11. The van der Waals surface area contributed by atoms with Crippen LogP contribution in [0.4, 0.5) is 5.69 Å². The fraction of sp³-hybridized carbons (Fsp3) is 0.300. The summed E-state index contributed by atoms with van der Waals surface area (Å²) >= 11 is 5.72. The second-order valence-corrected chi connectivity index (χ2v) is 3.73. The largest absolute Gasteiger partial charge is 0.491 e. The van der Waals surface area contributed by atoms with E-state index < -0.39 is 5.91 Å². The lowest BCUT2D eigenvalue weighted by atomic mass is 10.2. The van der Waals surface area contributed by atoms with E-state index in [9.17, 15) is 4.79 Å². The van der Waals surface area contributed by atoms with E-state index in [1.807, 2.05) is 0 Å². The minimum Gasteiger partial charge on any atom is -0.491 e. The molecule has 1 aromatic carbocycles. The molecule has 0 spiro atoms. The smallest absolute Gasteiger partial charge is 0.223 e. The summed E-state index contributed by atoms with van der Waals surface area (Å²) in [6.07, 6.45) is 0. The van der Waals surface area contributed by atoms with E-state index in [0.29, 0.717) is 16.5 Å². The number of nitrogens with two attached hydrogens (primary N) is 2. The number of ether oxygens (including phenoxy) is 1. The topological polar surface area (TPSA) is 78.3 Å². The van der Waals surface area contributed by atoms with Crippen LogP contribution in [0.2, 0.25) is 5.02 Å². The average Bonchev–Trinajstić information content (AvgIpc) is 2.15. The molecule has 1 amide bonds. The second-order valence-electron chi connectivity index (χ2n) is 3.30. The van der Waals surface area contributed by atoms with Crippen LogP contribution in [0.5, 0.6) is 5.75 Å². The van der Waals surface area contributed by atoms with Crippen molar-refractivity contribution in [1.29, 1.82) is 0 Å². The zero-order valence-electron chi connectivity index (χ0n) is 8.37. The van der Waals surface area contributed by atoms with Gasteiger partial charge < -0.3 is 16.2 Å². The number of nitrogen functional groups attached to an aromatic ring is 1. The molecule has 0 saturated carbocycles. The Labute approximate surface area is 93.1 Å². The first-order chi connectivity index (χ1) is 7.00. The summed E-state index contributed by atoms with van der Waals surface area (Å²) in [5, 5.41) is 0.544. The highest BCUT2D eigenvalue weighted by molar-refractivity contribution is 6.30. The van der Waals surface area contributed by atoms with Gasteiger partial charge in [0.05, 0.1) is 18.2 Å². The van der Waals surface area contributed by atoms with Crippen LogP contribution in [0.25, 0.3) is 0 Å². The first-order valence-corrected chi connectivity index (χ1v) is 4.85. The molecule has 0 saturated heterocycles. The van der Waals surface area contributed by atoms with E-state index in [4.69, 9.17) is 27.8 Å². The van der Waals surface area contributed by atoms with E-state index in [2.05, 4.69) is 0 Å². The Morgan fingerprint density at radius 3 is 2.80 bits per heavy atom. The average molecular weight is 229 g/mol. The molecule has 0 bridgehead atoms. The van der Waals surface area contributed by atoms with Crippen LogP contribution in [0, 0.1) is 5.92 Å². The quantitative estimate of drug-likeness (QED) is 0.765. The Balaban J connectivity index is 2.62. The van der Waals surface area contributed by atoms with Gasteiger partial charge in [-0.1, -0.05) is 18.5 Å². The van der Waals surface area contributed by atoms with Crippen molar-refractivity contribution < 1.29 is 9.53 Å². The van der Waals surface area contributed by atoms with Crippen molar-refractivity contribution in [2.75, 3.05) is 12.3 Å². The predicted molar refractivity (Wildman–Crippen MR) is 59.7 cm³/mol. The van der Waals surface area contributed by atoms with E-state index in [0.717, 1.165) is 0 Å². The molecule has 5 heteroatoms. The van der Waals surface area contributed by atoms with Crippen molar-refractivity contribution in [1.82, 2.24) is 0 Å². The number of benzene rings is 1. The van der Waals surface area contributed by atoms with Gasteiger partial charge in [-0.15, -0.1) is 0 Å². The fourth-order valence-electron chi connectivity index (χ4n) is 0.948. The summed E-state index contributed by atoms with van der Waals surface area (Å²) in [4.78, 5) is 10.7. The fourth-order valence-corrected chi connectivity index (χ4v) is 1.13. The number of primary amides is 1. The van der Waals surface area contributed by atoms with Crippen molar-refractivity contribution in [3.05, 3.63) is 23.2 Å². The standard InChI is InChI=1S/C10H13ClN2O2/c1-6(10(13)14)5-15-9-3-2-7(11)4-8(9)12/h2-4,6H,5,12H2,1H3,(H2,13,14). The minimum absolute atomic E-state index is 0.209.